The number of hydrogen-bond donors (Lipinski definition) is 1. The van der Waals surface area contributed by atoms with Crippen LogP contribution in [0, 0.1) is 0 Å². The molecule has 1 amide bonds. The van der Waals surface area contributed by atoms with Gasteiger partial charge in [0.2, 0.25) is 0 Å². The summed E-state index contributed by atoms with van der Waals surface area (Å²) < 4.78 is 5.16. The summed E-state index contributed by atoms with van der Waals surface area (Å²) in [7, 11) is 1.61. The van der Waals surface area contributed by atoms with Crippen LogP contribution >= 0.6 is 0 Å². The first-order valence-electron chi connectivity index (χ1n) is 6.25. The van der Waals surface area contributed by atoms with E-state index in [1.54, 1.807) is 19.2 Å². The van der Waals surface area contributed by atoms with Gasteiger partial charge in [-0.15, -0.1) is 0 Å². The van der Waals surface area contributed by atoms with Crippen molar-refractivity contribution in [3.05, 3.63) is 65.7 Å². The molecule has 0 bridgehead atoms. The molecule has 0 spiro atoms. The summed E-state index contributed by atoms with van der Waals surface area (Å²) in [6.45, 7) is 1.83. The fraction of sp³-hybridized carbons (Fsp3) is 0.125. The summed E-state index contributed by atoms with van der Waals surface area (Å²) in [5.41, 5.74) is 4.74. The van der Waals surface area contributed by atoms with Crippen LogP contribution in [-0.2, 0) is 0 Å². The minimum absolute atomic E-state index is 0.229. The second-order valence-corrected chi connectivity index (χ2v) is 4.24. The van der Waals surface area contributed by atoms with Crippen LogP contribution in [0.1, 0.15) is 22.8 Å². The van der Waals surface area contributed by atoms with Crippen molar-refractivity contribution >= 4 is 11.6 Å². The monoisotopic (exact) mass is 268 g/mol. The van der Waals surface area contributed by atoms with Gasteiger partial charge in [0.1, 0.15) is 5.75 Å². The topological polar surface area (TPSA) is 50.7 Å². The van der Waals surface area contributed by atoms with Crippen LogP contribution in [0.15, 0.2) is 59.7 Å². The van der Waals surface area contributed by atoms with Gasteiger partial charge in [0, 0.05) is 11.1 Å². The van der Waals surface area contributed by atoms with E-state index >= 15 is 0 Å². The summed E-state index contributed by atoms with van der Waals surface area (Å²) >= 11 is 0. The average Bonchev–Trinajstić information content (AvgIpc) is 2.53. The minimum Gasteiger partial charge on any atom is -0.497 e. The zero-order valence-corrected chi connectivity index (χ0v) is 11.5. The first-order chi connectivity index (χ1) is 9.70. The number of hydrazone groups is 1. The predicted octanol–water partition coefficient (Wildman–Crippen LogP) is 2.85. The van der Waals surface area contributed by atoms with Gasteiger partial charge in [-0.3, -0.25) is 4.79 Å². The normalized spacial score (nSPS) is 11.0. The van der Waals surface area contributed by atoms with Gasteiger partial charge in [0.15, 0.2) is 0 Å². The third-order valence-electron chi connectivity index (χ3n) is 2.85. The third-order valence-corrected chi connectivity index (χ3v) is 2.85. The summed E-state index contributed by atoms with van der Waals surface area (Å²) in [5, 5.41) is 4.11. The lowest BCUT2D eigenvalue weighted by Crippen LogP contribution is -2.19. The smallest absolute Gasteiger partial charge is 0.271 e. The molecular weight excluding hydrogens is 252 g/mol. The van der Waals surface area contributed by atoms with Crippen LogP contribution in [-0.4, -0.2) is 18.7 Å². The van der Waals surface area contributed by atoms with Gasteiger partial charge in [-0.05, 0) is 31.2 Å². The zero-order chi connectivity index (χ0) is 14.4. The number of carbonyl (C=O) groups is 1. The van der Waals surface area contributed by atoms with E-state index in [0.29, 0.717) is 11.3 Å². The molecule has 0 saturated carbocycles. The number of nitrogens with zero attached hydrogens (tertiary/aromatic N) is 1. The van der Waals surface area contributed by atoms with E-state index in [0.717, 1.165) is 11.3 Å². The Hall–Kier alpha value is -2.62. The van der Waals surface area contributed by atoms with Gasteiger partial charge in [-0.2, -0.15) is 5.10 Å². The van der Waals surface area contributed by atoms with Crippen molar-refractivity contribution in [1.82, 2.24) is 5.43 Å². The molecule has 2 aromatic carbocycles. The van der Waals surface area contributed by atoms with E-state index in [1.165, 1.54) is 0 Å². The van der Waals surface area contributed by atoms with E-state index in [-0.39, 0.29) is 5.91 Å². The number of ether oxygens (including phenoxy) is 1. The third kappa shape index (κ3) is 3.45. The van der Waals surface area contributed by atoms with Crippen molar-refractivity contribution in [2.24, 2.45) is 5.10 Å². The van der Waals surface area contributed by atoms with Crippen LogP contribution < -0.4 is 10.2 Å². The summed E-state index contributed by atoms with van der Waals surface area (Å²) in [6.07, 6.45) is 0. The Bertz CT molecular complexity index is 621. The first kappa shape index (κ1) is 13.8. The Balaban J connectivity index is 2.09. The number of hydrogen-bond acceptors (Lipinski definition) is 3. The SMILES string of the molecule is COc1cccc(/C(C)=N\NC(=O)c2ccccc2)c1. The highest BCUT2D eigenvalue weighted by molar-refractivity contribution is 6.01. The van der Waals surface area contributed by atoms with Gasteiger partial charge in [-0.1, -0.05) is 30.3 Å². The fourth-order valence-corrected chi connectivity index (χ4v) is 1.70. The predicted molar refractivity (Wildman–Crippen MR) is 79.1 cm³/mol. The Morgan fingerprint density at radius 2 is 1.75 bits per heavy atom. The van der Waals surface area contributed by atoms with Crippen LogP contribution in [0.4, 0.5) is 0 Å². The quantitative estimate of drug-likeness (QED) is 0.684. The van der Waals surface area contributed by atoms with Crippen LogP contribution in [0.25, 0.3) is 0 Å². The van der Waals surface area contributed by atoms with Crippen LogP contribution in [0.2, 0.25) is 0 Å². The fourth-order valence-electron chi connectivity index (χ4n) is 1.70. The lowest BCUT2D eigenvalue weighted by molar-refractivity contribution is 0.0955. The van der Waals surface area contributed by atoms with E-state index in [4.69, 9.17) is 4.74 Å². The van der Waals surface area contributed by atoms with Gasteiger partial charge in [-0.25, -0.2) is 5.43 Å². The second-order valence-electron chi connectivity index (χ2n) is 4.24. The Morgan fingerprint density at radius 3 is 2.45 bits per heavy atom. The molecule has 0 aliphatic heterocycles. The molecule has 102 valence electrons. The van der Waals surface area contributed by atoms with Crippen molar-refractivity contribution in [3.63, 3.8) is 0 Å². The lowest BCUT2D eigenvalue weighted by atomic mass is 10.1. The van der Waals surface area contributed by atoms with Crippen LogP contribution in [0.3, 0.4) is 0 Å². The van der Waals surface area contributed by atoms with E-state index in [2.05, 4.69) is 10.5 Å². The highest BCUT2D eigenvalue weighted by atomic mass is 16.5. The molecule has 0 fully saturated rings. The number of nitrogens with one attached hydrogen (secondary N) is 1. The maximum absolute atomic E-state index is 11.9. The molecule has 1 N–H and O–H groups in total. The molecule has 0 saturated heterocycles. The molecule has 4 nitrogen and oxygen atoms in total. The zero-order valence-electron chi connectivity index (χ0n) is 11.5. The van der Waals surface area contributed by atoms with E-state index < -0.39 is 0 Å². The van der Waals surface area contributed by atoms with Crippen molar-refractivity contribution in [2.75, 3.05) is 7.11 Å². The Labute approximate surface area is 118 Å². The minimum atomic E-state index is -0.229. The van der Waals surface area contributed by atoms with Crippen molar-refractivity contribution in [2.45, 2.75) is 6.92 Å². The molecule has 2 aromatic rings. The van der Waals surface area contributed by atoms with Gasteiger partial charge >= 0.3 is 0 Å². The summed E-state index contributed by atoms with van der Waals surface area (Å²) in [6, 6.07) is 16.5. The average molecular weight is 268 g/mol. The van der Waals surface area contributed by atoms with E-state index in [1.807, 2.05) is 49.4 Å². The molecule has 0 heterocycles. The highest BCUT2D eigenvalue weighted by Gasteiger charge is 2.04. The van der Waals surface area contributed by atoms with Crippen molar-refractivity contribution < 1.29 is 9.53 Å². The molecule has 0 aromatic heterocycles. The lowest BCUT2D eigenvalue weighted by Gasteiger charge is -2.05. The molecule has 20 heavy (non-hydrogen) atoms. The van der Waals surface area contributed by atoms with Crippen LogP contribution in [0.5, 0.6) is 5.75 Å². The maximum Gasteiger partial charge on any atom is 0.271 e. The second kappa shape index (κ2) is 6.52. The molecule has 0 aliphatic carbocycles. The number of rotatable bonds is 4. The summed E-state index contributed by atoms with van der Waals surface area (Å²) in [5.74, 6) is 0.527. The Morgan fingerprint density at radius 1 is 1.05 bits per heavy atom. The molecule has 0 aliphatic rings. The molecule has 0 atom stereocenters. The number of methoxy groups -OCH3 is 1. The summed E-state index contributed by atoms with van der Waals surface area (Å²) in [4.78, 5) is 11.9. The highest BCUT2D eigenvalue weighted by Crippen LogP contribution is 2.13. The maximum atomic E-state index is 11.9. The number of carbonyl (C=O) groups excluding carboxylic acids is 1. The van der Waals surface area contributed by atoms with Crippen molar-refractivity contribution in [3.8, 4) is 5.75 Å². The van der Waals surface area contributed by atoms with E-state index in [9.17, 15) is 4.79 Å². The van der Waals surface area contributed by atoms with Gasteiger partial charge in [0.25, 0.3) is 5.91 Å². The number of benzene rings is 2. The molecule has 2 rings (SSSR count). The molecule has 4 heteroatoms. The first-order valence-corrected chi connectivity index (χ1v) is 6.25. The van der Waals surface area contributed by atoms with Crippen molar-refractivity contribution in [1.29, 1.82) is 0 Å². The van der Waals surface area contributed by atoms with Gasteiger partial charge in [0.05, 0.1) is 12.8 Å². The largest absolute Gasteiger partial charge is 0.497 e. The Kier molecular flexibility index (Phi) is 4.50. The molecule has 0 unspecified atom stereocenters. The molecule has 0 radical (unpaired) electrons. The standard InChI is InChI=1S/C16H16N2O2/c1-12(14-9-6-10-15(11-14)20-2)17-18-16(19)13-7-4-3-5-8-13/h3-11H,1-2H3,(H,18,19)/b17-12-. The van der Waals surface area contributed by atoms with Gasteiger partial charge < -0.3 is 4.74 Å². The molecular formula is C16H16N2O2. The number of amides is 1.